The van der Waals surface area contributed by atoms with E-state index in [1.807, 2.05) is 6.07 Å². The monoisotopic (exact) mass is 527 g/mol. The van der Waals surface area contributed by atoms with Crippen molar-refractivity contribution in [3.05, 3.63) is 52.3 Å². The molecule has 37 heavy (non-hydrogen) atoms. The van der Waals surface area contributed by atoms with Crippen molar-refractivity contribution in [3.8, 4) is 6.07 Å². The fraction of sp³-hybridized carbons (Fsp3) is 0.520. The Morgan fingerprint density at radius 1 is 1.24 bits per heavy atom. The Bertz CT molecular complexity index is 1400. The van der Waals surface area contributed by atoms with Gasteiger partial charge in [0.15, 0.2) is 15.5 Å². The molecule has 1 aromatic heterocycles. The van der Waals surface area contributed by atoms with Gasteiger partial charge in [-0.25, -0.2) is 8.42 Å². The van der Waals surface area contributed by atoms with Crippen LogP contribution in [0, 0.1) is 11.3 Å². The molecule has 12 heteroatoms. The van der Waals surface area contributed by atoms with Crippen molar-refractivity contribution >= 4 is 21.7 Å². The number of nitriles is 1. The second kappa shape index (κ2) is 8.93. The molecule has 2 heterocycles. The highest BCUT2D eigenvalue weighted by molar-refractivity contribution is 7.94. The Hall–Kier alpha value is -3.27. The number of hydrogen-bond donors (Lipinski definition) is 3. The molecule has 0 saturated heterocycles. The summed E-state index contributed by atoms with van der Waals surface area (Å²) in [4.78, 5) is 27.8. The summed E-state index contributed by atoms with van der Waals surface area (Å²) in [6.45, 7) is -0.122. The van der Waals surface area contributed by atoms with Crippen LogP contribution in [0.2, 0.25) is 0 Å². The van der Waals surface area contributed by atoms with Crippen LogP contribution in [0.25, 0.3) is 0 Å². The maximum absolute atomic E-state index is 13.5. The maximum atomic E-state index is 13.5. The predicted octanol–water partition coefficient (Wildman–Crippen LogP) is 0.0533. The second-order valence-corrected chi connectivity index (χ2v) is 12.9. The number of nitrogens with zero attached hydrogens (tertiary/aromatic N) is 4. The van der Waals surface area contributed by atoms with Crippen LogP contribution in [-0.2, 0) is 29.9 Å². The van der Waals surface area contributed by atoms with Crippen molar-refractivity contribution in [1.82, 2.24) is 20.0 Å². The second-order valence-electron chi connectivity index (χ2n) is 10.2. The normalized spacial score (nSPS) is 20.1. The lowest BCUT2D eigenvalue weighted by molar-refractivity contribution is 0.0720. The quantitative estimate of drug-likeness (QED) is 0.412. The third kappa shape index (κ3) is 4.02. The van der Waals surface area contributed by atoms with Crippen LogP contribution in [0.1, 0.15) is 63.4 Å². The van der Waals surface area contributed by atoms with Crippen LogP contribution >= 0.6 is 0 Å². The number of carbonyl (C=O) groups is 2. The highest BCUT2D eigenvalue weighted by Gasteiger charge is 2.70. The molecule has 5 rings (SSSR count). The highest BCUT2D eigenvalue weighted by Crippen LogP contribution is 2.58. The predicted molar refractivity (Wildman–Crippen MR) is 131 cm³/mol. The molecule has 2 amide bonds. The van der Waals surface area contributed by atoms with Gasteiger partial charge in [-0.05, 0) is 49.8 Å². The molecule has 11 nitrogen and oxygen atoms in total. The molecule has 1 aliphatic heterocycles. The van der Waals surface area contributed by atoms with Gasteiger partial charge in [0, 0.05) is 32.2 Å². The molecule has 3 N–H and O–H groups in total. The van der Waals surface area contributed by atoms with Crippen molar-refractivity contribution in [2.75, 3.05) is 19.7 Å². The van der Waals surface area contributed by atoms with Gasteiger partial charge in [-0.3, -0.25) is 14.3 Å². The van der Waals surface area contributed by atoms with Crippen molar-refractivity contribution in [2.24, 2.45) is 7.05 Å². The Balaban J connectivity index is 1.31. The number of benzene rings is 1. The first kappa shape index (κ1) is 25.4. The molecule has 1 atom stereocenters. The van der Waals surface area contributed by atoms with Gasteiger partial charge < -0.3 is 20.4 Å². The van der Waals surface area contributed by atoms with Crippen molar-refractivity contribution in [1.29, 1.82) is 5.26 Å². The number of aliphatic hydroxyl groups is 2. The number of sulfone groups is 1. The summed E-state index contributed by atoms with van der Waals surface area (Å²) < 4.78 is 26.0. The van der Waals surface area contributed by atoms with Crippen LogP contribution in [0.3, 0.4) is 0 Å². The van der Waals surface area contributed by atoms with Gasteiger partial charge >= 0.3 is 0 Å². The summed E-state index contributed by atoms with van der Waals surface area (Å²) in [6, 6.07) is 8.88. The summed E-state index contributed by atoms with van der Waals surface area (Å²) in [5, 5.41) is 35.6. The molecule has 2 aromatic rings. The minimum Gasteiger partial charge on any atom is -0.394 e. The summed E-state index contributed by atoms with van der Waals surface area (Å²) >= 11 is 0. The molecule has 2 fully saturated rings. The first-order valence-corrected chi connectivity index (χ1v) is 13.7. The SMILES string of the molecule is Cn1nc(C(=O)NCc2ccc(C#N)cc2)c2c1C(=O)N(CC1(S(=O)(=O)C3([C@H](O)CO)CC3)CC1)CC2. The van der Waals surface area contributed by atoms with Gasteiger partial charge in [0.2, 0.25) is 0 Å². The van der Waals surface area contributed by atoms with Gasteiger partial charge in [-0.1, -0.05) is 12.1 Å². The zero-order chi connectivity index (χ0) is 26.6. The van der Waals surface area contributed by atoms with E-state index in [-0.39, 0.29) is 36.9 Å². The molecule has 0 bridgehead atoms. The maximum Gasteiger partial charge on any atom is 0.272 e. The topological polar surface area (TPSA) is 166 Å². The average Bonchev–Trinajstić information content (AvgIpc) is 3.82. The van der Waals surface area contributed by atoms with Gasteiger partial charge in [0.25, 0.3) is 11.8 Å². The van der Waals surface area contributed by atoms with Crippen molar-refractivity contribution in [2.45, 2.75) is 54.2 Å². The number of amides is 2. The third-order valence-electron chi connectivity index (χ3n) is 7.93. The minimum atomic E-state index is -3.79. The van der Waals surface area contributed by atoms with Crippen LogP contribution < -0.4 is 5.32 Å². The van der Waals surface area contributed by atoms with Gasteiger partial charge in [-0.15, -0.1) is 0 Å². The van der Waals surface area contributed by atoms with Crippen molar-refractivity contribution in [3.63, 3.8) is 0 Å². The first-order valence-electron chi connectivity index (χ1n) is 12.2. The third-order valence-corrected chi connectivity index (χ3v) is 11.4. The van der Waals surface area contributed by atoms with Gasteiger partial charge in [0.05, 0.1) is 29.1 Å². The summed E-state index contributed by atoms with van der Waals surface area (Å²) in [5.74, 6) is -0.797. The van der Waals surface area contributed by atoms with E-state index >= 15 is 0 Å². The number of carbonyl (C=O) groups excluding carboxylic acids is 2. The fourth-order valence-corrected chi connectivity index (χ4v) is 8.27. The molecular formula is C25H29N5O6S. The van der Waals surface area contributed by atoms with Crippen LogP contribution in [0.15, 0.2) is 24.3 Å². The van der Waals surface area contributed by atoms with E-state index in [1.165, 1.54) is 9.58 Å². The lowest BCUT2D eigenvalue weighted by atomic mass is 10.0. The zero-order valence-corrected chi connectivity index (χ0v) is 21.3. The number of aliphatic hydroxyl groups excluding tert-OH is 2. The number of hydrogen-bond acceptors (Lipinski definition) is 8. The fourth-order valence-electron chi connectivity index (χ4n) is 5.37. The number of aromatic nitrogens is 2. The molecule has 3 aliphatic rings. The van der Waals surface area contributed by atoms with E-state index in [1.54, 1.807) is 31.3 Å². The van der Waals surface area contributed by atoms with E-state index < -0.39 is 37.9 Å². The lowest BCUT2D eigenvalue weighted by Crippen LogP contribution is -2.51. The summed E-state index contributed by atoms with van der Waals surface area (Å²) in [6.07, 6.45) is 0.440. The van der Waals surface area contributed by atoms with E-state index in [4.69, 9.17) is 5.26 Å². The van der Waals surface area contributed by atoms with E-state index in [0.717, 1.165) is 5.56 Å². The number of fused-ring (bicyclic) bond motifs is 1. The molecule has 0 spiro atoms. The van der Waals surface area contributed by atoms with E-state index in [2.05, 4.69) is 10.4 Å². The van der Waals surface area contributed by atoms with Crippen molar-refractivity contribution < 1.29 is 28.2 Å². The summed E-state index contributed by atoms with van der Waals surface area (Å²) in [7, 11) is -2.21. The molecule has 2 saturated carbocycles. The summed E-state index contributed by atoms with van der Waals surface area (Å²) in [5.41, 5.74) is 2.29. The van der Waals surface area contributed by atoms with E-state index in [0.29, 0.717) is 43.2 Å². The standard InChI is InChI=1S/C25H29N5O6S/c1-29-21-18(20(28-29)22(33)27-13-17-4-2-16(12-26)3-5-17)6-11-30(23(21)34)15-24(7-8-24)37(35,36)25(9-10-25)19(32)14-31/h2-5,19,31-32H,6-11,13-15H2,1H3,(H,27,33)/t19-/m1/s1. The molecule has 2 aliphatic carbocycles. The Morgan fingerprint density at radius 2 is 1.92 bits per heavy atom. The Kier molecular flexibility index (Phi) is 6.13. The Labute approximate surface area is 214 Å². The van der Waals surface area contributed by atoms with E-state index in [9.17, 15) is 28.2 Å². The van der Waals surface area contributed by atoms with Crippen LogP contribution in [0.4, 0.5) is 0 Å². The number of nitrogens with one attached hydrogen (secondary N) is 1. The number of aryl methyl sites for hydroxylation is 1. The number of rotatable bonds is 9. The molecule has 1 aromatic carbocycles. The Morgan fingerprint density at radius 3 is 2.49 bits per heavy atom. The highest BCUT2D eigenvalue weighted by atomic mass is 32.2. The van der Waals surface area contributed by atoms with Gasteiger partial charge in [0.1, 0.15) is 10.4 Å². The molecule has 196 valence electrons. The molecular weight excluding hydrogens is 498 g/mol. The lowest BCUT2D eigenvalue weighted by Gasteiger charge is -2.33. The largest absolute Gasteiger partial charge is 0.394 e. The molecule has 0 unspecified atom stereocenters. The van der Waals surface area contributed by atoms with Gasteiger partial charge in [-0.2, -0.15) is 10.4 Å². The van der Waals surface area contributed by atoms with Crippen LogP contribution in [-0.4, -0.2) is 80.4 Å². The molecule has 0 radical (unpaired) electrons. The smallest absolute Gasteiger partial charge is 0.272 e. The first-order chi connectivity index (χ1) is 17.6. The zero-order valence-electron chi connectivity index (χ0n) is 20.5. The minimum absolute atomic E-state index is 0.0128. The average molecular weight is 528 g/mol. The van der Waals surface area contributed by atoms with Crippen LogP contribution in [0.5, 0.6) is 0 Å².